The first-order chi connectivity index (χ1) is 23.4. The summed E-state index contributed by atoms with van der Waals surface area (Å²) < 4.78 is 26.1. The van der Waals surface area contributed by atoms with E-state index in [0.29, 0.717) is 24.5 Å². The first kappa shape index (κ1) is 34.0. The smallest absolute Gasteiger partial charge is 0.317 e. The molecule has 0 saturated carbocycles. The van der Waals surface area contributed by atoms with Crippen molar-refractivity contribution in [2.75, 3.05) is 13.7 Å². The second-order valence-electron chi connectivity index (χ2n) is 12.9. The molecule has 0 aliphatic carbocycles. The van der Waals surface area contributed by atoms with Gasteiger partial charge in [0.25, 0.3) is 0 Å². The van der Waals surface area contributed by atoms with Gasteiger partial charge in [-0.2, -0.15) is 0 Å². The van der Waals surface area contributed by atoms with Gasteiger partial charge in [-0.25, -0.2) is 4.98 Å². The minimum atomic E-state index is -0.860. The summed E-state index contributed by atoms with van der Waals surface area (Å²) in [4.78, 5) is 17.6. The number of fused-ring (bicyclic) bond motifs is 2. The number of aromatic nitrogens is 2. The number of rotatable bonds is 12. The van der Waals surface area contributed by atoms with E-state index in [4.69, 9.17) is 23.9 Å². The highest BCUT2D eigenvalue weighted by molar-refractivity contribution is 8.00. The first-order valence-corrected chi connectivity index (χ1v) is 17.2. The van der Waals surface area contributed by atoms with Gasteiger partial charge in [0.2, 0.25) is 0 Å². The number of carbonyl (C=O) groups is 1. The van der Waals surface area contributed by atoms with Crippen LogP contribution in [0.5, 0.6) is 28.7 Å². The Kier molecular flexibility index (Phi) is 9.70. The van der Waals surface area contributed by atoms with Crippen LogP contribution in [0.25, 0.3) is 11.0 Å². The molecule has 0 radical (unpaired) electrons. The quantitative estimate of drug-likeness (QED) is 0.128. The van der Waals surface area contributed by atoms with Crippen molar-refractivity contribution in [2.24, 2.45) is 7.05 Å². The van der Waals surface area contributed by atoms with Crippen LogP contribution in [0.15, 0.2) is 71.6 Å². The second kappa shape index (κ2) is 14.0. The zero-order valence-electron chi connectivity index (χ0n) is 28.7. The van der Waals surface area contributed by atoms with Gasteiger partial charge in [0.05, 0.1) is 18.1 Å². The van der Waals surface area contributed by atoms with Crippen molar-refractivity contribution < 1.29 is 34.0 Å². The minimum absolute atomic E-state index is 0.269. The van der Waals surface area contributed by atoms with Crippen LogP contribution in [-0.4, -0.2) is 50.3 Å². The number of carboxylic acids is 1. The largest absolute Gasteiger partial charge is 0.507 e. The predicted molar refractivity (Wildman–Crippen MR) is 191 cm³/mol. The lowest BCUT2D eigenvalue weighted by Crippen LogP contribution is -2.42. The fourth-order valence-electron chi connectivity index (χ4n) is 6.15. The van der Waals surface area contributed by atoms with E-state index >= 15 is 0 Å². The van der Waals surface area contributed by atoms with E-state index in [1.807, 2.05) is 99.1 Å². The number of imidazole rings is 1. The van der Waals surface area contributed by atoms with Crippen LogP contribution in [0.3, 0.4) is 0 Å². The van der Waals surface area contributed by atoms with Crippen LogP contribution in [0.2, 0.25) is 0 Å². The number of aromatic hydroxyl groups is 1. The maximum Gasteiger partial charge on any atom is 0.317 e. The number of hydrogen-bond acceptors (Lipinski definition) is 8. The second-order valence-corrected chi connectivity index (χ2v) is 14.1. The Morgan fingerprint density at radius 1 is 0.980 bits per heavy atom. The van der Waals surface area contributed by atoms with Gasteiger partial charge in [0.1, 0.15) is 58.6 Å². The van der Waals surface area contributed by atoms with E-state index in [0.717, 1.165) is 79.7 Å². The summed E-state index contributed by atoms with van der Waals surface area (Å²) in [5.74, 6) is 3.26. The van der Waals surface area contributed by atoms with Gasteiger partial charge in [-0.1, -0.05) is 12.1 Å². The zero-order chi connectivity index (χ0) is 34.9. The molecule has 6 rings (SSSR count). The third-order valence-electron chi connectivity index (χ3n) is 9.41. The predicted octanol–water partition coefficient (Wildman–Crippen LogP) is 7.74. The van der Waals surface area contributed by atoms with Crippen LogP contribution in [-0.2, 0) is 31.3 Å². The Balaban J connectivity index is 1.06. The van der Waals surface area contributed by atoms with Crippen LogP contribution in [0.1, 0.15) is 47.0 Å². The van der Waals surface area contributed by atoms with E-state index in [1.54, 1.807) is 7.11 Å². The van der Waals surface area contributed by atoms with Gasteiger partial charge in [0.15, 0.2) is 0 Å². The standard InChI is InChI=1S/C39H42N2O7S/c1-23-24(2)37-31(25(3)36(23)42)17-18-39(4,48-37)22-47-29-13-16-32-33(20-29)41(5)35(40-32)21-46-28-9-7-26(8-10-28)19-34(38(43)44)49-30-14-11-27(45-6)12-15-30/h7-16,20,34,42H,17-19,21-22H2,1-6H3,(H,43,44). The van der Waals surface area contributed by atoms with Crippen LogP contribution in [0.4, 0.5) is 0 Å². The molecular formula is C39H42N2O7S. The number of ether oxygens (including phenoxy) is 4. The van der Waals surface area contributed by atoms with Gasteiger partial charge in [0, 0.05) is 23.6 Å². The molecule has 2 N–H and O–H groups in total. The molecule has 49 heavy (non-hydrogen) atoms. The van der Waals surface area contributed by atoms with Crippen molar-refractivity contribution in [3.63, 3.8) is 0 Å². The van der Waals surface area contributed by atoms with Crippen LogP contribution >= 0.6 is 11.8 Å². The number of hydrogen-bond donors (Lipinski definition) is 2. The lowest BCUT2D eigenvalue weighted by molar-refractivity contribution is -0.136. The van der Waals surface area contributed by atoms with Crippen molar-refractivity contribution in [2.45, 2.75) is 69.3 Å². The third kappa shape index (κ3) is 7.29. The fourth-order valence-corrected chi connectivity index (χ4v) is 7.15. The molecule has 2 heterocycles. The maximum atomic E-state index is 12.0. The lowest BCUT2D eigenvalue weighted by atomic mass is 9.87. The molecule has 5 aromatic rings. The van der Waals surface area contributed by atoms with Crippen molar-refractivity contribution in [1.29, 1.82) is 0 Å². The molecule has 10 heteroatoms. The summed E-state index contributed by atoms with van der Waals surface area (Å²) in [5.41, 5.74) is 5.96. The number of phenolic OH excluding ortho intramolecular Hbond substituents is 1. The minimum Gasteiger partial charge on any atom is -0.507 e. The number of aliphatic carboxylic acids is 1. The van der Waals surface area contributed by atoms with Crippen molar-refractivity contribution in [1.82, 2.24) is 9.55 Å². The first-order valence-electron chi connectivity index (χ1n) is 16.3. The van der Waals surface area contributed by atoms with E-state index < -0.39 is 16.8 Å². The third-order valence-corrected chi connectivity index (χ3v) is 10.6. The van der Waals surface area contributed by atoms with Gasteiger partial charge in [-0.3, -0.25) is 4.79 Å². The van der Waals surface area contributed by atoms with Gasteiger partial charge in [-0.05, 0) is 118 Å². The average Bonchev–Trinajstić information content (AvgIpc) is 3.42. The number of methoxy groups -OCH3 is 1. The van der Waals surface area contributed by atoms with E-state index in [-0.39, 0.29) is 6.61 Å². The number of carboxylic acid groups (broad SMARTS) is 1. The highest BCUT2D eigenvalue weighted by Crippen LogP contribution is 2.43. The molecule has 0 saturated heterocycles. The summed E-state index contributed by atoms with van der Waals surface area (Å²) in [6, 6.07) is 20.8. The fraction of sp³-hybridized carbons (Fsp3) is 0.333. The van der Waals surface area contributed by atoms with E-state index in [1.165, 1.54) is 11.8 Å². The van der Waals surface area contributed by atoms with Gasteiger partial charge < -0.3 is 33.7 Å². The molecule has 0 bridgehead atoms. The molecular weight excluding hydrogens is 641 g/mol. The van der Waals surface area contributed by atoms with Gasteiger partial charge >= 0.3 is 5.97 Å². The summed E-state index contributed by atoms with van der Waals surface area (Å²) in [6.07, 6.45) is 1.97. The monoisotopic (exact) mass is 682 g/mol. The Bertz CT molecular complexity index is 1990. The normalized spacial score (nSPS) is 16.1. The topological polar surface area (TPSA) is 112 Å². The highest BCUT2D eigenvalue weighted by Gasteiger charge is 2.35. The van der Waals surface area contributed by atoms with Crippen molar-refractivity contribution in [3.8, 4) is 28.7 Å². The summed E-state index contributed by atoms with van der Waals surface area (Å²) in [7, 11) is 3.56. The van der Waals surface area contributed by atoms with Crippen LogP contribution < -0.4 is 18.9 Å². The molecule has 2 unspecified atom stereocenters. The molecule has 1 aliphatic rings. The lowest BCUT2D eigenvalue weighted by Gasteiger charge is -2.37. The Morgan fingerprint density at radius 3 is 2.37 bits per heavy atom. The molecule has 0 spiro atoms. The van der Waals surface area contributed by atoms with Crippen LogP contribution in [0, 0.1) is 20.8 Å². The van der Waals surface area contributed by atoms with Crippen molar-refractivity contribution >= 4 is 28.8 Å². The van der Waals surface area contributed by atoms with E-state index in [2.05, 4.69) is 6.92 Å². The Morgan fingerprint density at radius 2 is 1.67 bits per heavy atom. The molecule has 0 amide bonds. The summed E-state index contributed by atoms with van der Waals surface area (Å²) in [5, 5.41) is 19.7. The number of thioether (sulfide) groups is 1. The molecule has 4 aromatic carbocycles. The highest BCUT2D eigenvalue weighted by atomic mass is 32.2. The summed E-state index contributed by atoms with van der Waals surface area (Å²) >= 11 is 1.32. The number of benzene rings is 4. The molecule has 9 nitrogen and oxygen atoms in total. The zero-order valence-corrected chi connectivity index (χ0v) is 29.5. The average molecular weight is 683 g/mol. The molecule has 256 valence electrons. The Hall–Kier alpha value is -4.83. The Labute approximate surface area is 290 Å². The SMILES string of the molecule is COc1ccc(SC(Cc2ccc(OCc3nc4ccc(OCC5(C)CCc6c(C)c(O)c(C)c(C)c6O5)cc4n3C)cc2)C(=O)O)cc1. The van der Waals surface area contributed by atoms with Gasteiger partial charge in [-0.15, -0.1) is 11.8 Å². The number of phenols is 1. The number of aryl methyl sites for hydroxylation is 1. The van der Waals surface area contributed by atoms with Crippen molar-refractivity contribution in [3.05, 3.63) is 100 Å². The molecule has 2 atom stereocenters. The molecule has 0 fully saturated rings. The molecule has 1 aromatic heterocycles. The van der Waals surface area contributed by atoms with E-state index in [9.17, 15) is 15.0 Å². The number of nitrogens with zero attached hydrogens (tertiary/aromatic N) is 2. The summed E-state index contributed by atoms with van der Waals surface area (Å²) in [6.45, 7) is 8.59. The maximum absolute atomic E-state index is 12.0. The molecule has 1 aliphatic heterocycles.